The second-order valence-electron chi connectivity index (χ2n) is 13.0. The molecule has 12 N–H and O–H groups in total. The van der Waals surface area contributed by atoms with Crippen molar-refractivity contribution in [2.45, 2.75) is 151 Å². The fourth-order valence-electron chi connectivity index (χ4n) is 6.30. The number of aryl methyl sites for hydroxylation is 4. The minimum Gasteiger partial charge on any atom is -0.389 e. The normalized spacial score (nSPS) is 31.8. The lowest BCUT2D eigenvalue weighted by Crippen LogP contribution is -2.62. The summed E-state index contributed by atoms with van der Waals surface area (Å²) in [6, 6.07) is -1.83. The molecule has 0 aromatic carbocycles. The average molecular weight is 653 g/mol. The molecule has 2 fully saturated rings. The molecule has 46 heavy (non-hydrogen) atoms. The van der Waals surface area contributed by atoms with Gasteiger partial charge in [-0.25, -0.2) is 0 Å². The maximum absolute atomic E-state index is 10.2. The zero-order valence-electron chi connectivity index (χ0n) is 26.8. The van der Waals surface area contributed by atoms with Crippen LogP contribution in [0, 0.1) is 0 Å². The Morgan fingerprint density at radius 2 is 0.978 bits per heavy atom. The van der Waals surface area contributed by atoms with E-state index in [0.717, 1.165) is 88.7 Å². The number of aliphatic hydroxyl groups excluding tert-OH is 4. The van der Waals surface area contributed by atoms with Gasteiger partial charge in [0.05, 0.1) is 23.6 Å². The molecule has 2 heterocycles. The Hall–Kier alpha value is -2.12. The number of hydrogen-bond donors (Lipinski definition) is 8. The Labute approximate surface area is 270 Å². The van der Waals surface area contributed by atoms with Gasteiger partial charge >= 0.3 is 0 Å². The number of aromatic nitrogens is 6. The van der Waals surface area contributed by atoms with Crippen molar-refractivity contribution in [3.63, 3.8) is 0 Å². The van der Waals surface area contributed by atoms with Crippen molar-refractivity contribution in [2.75, 3.05) is 13.2 Å². The van der Waals surface area contributed by atoms with E-state index < -0.39 is 48.7 Å². The Balaban J connectivity index is 0.990. The van der Waals surface area contributed by atoms with E-state index in [-0.39, 0.29) is 12.1 Å². The molecule has 16 heteroatoms. The second kappa shape index (κ2) is 18.4. The van der Waals surface area contributed by atoms with Crippen molar-refractivity contribution < 1.29 is 29.9 Å². The van der Waals surface area contributed by atoms with Crippen LogP contribution in [-0.2, 0) is 35.4 Å². The first kappa shape index (κ1) is 36.7. The van der Waals surface area contributed by atoms with Gasteiger partial charge in [0.15, 0.2) is 0 Å². The zero-order valence-corrected chi connectivity index (χ0v) is 26.8. The number of nitrogens with two attached hydrogens (primary N) is 4. The molecule has 0 unspecified atom stereocenters. The van der Waals surface area contributed by atoms with Gasteiger partial charge in [-0.1, -0.05) is 23.3 Å². The summed E-state index contributed by atoms with van der Waals surface area (Å²) in [5, 5.41) is 57.4. The van der Waals surface area contributed by atoms with E-state index in [4.69, 9.17) is 32.4 Å². The summed E-state index contributed by atoms with van der Waals surface area (Å²) in [4.78, 5) is 0. The molecule has 4 rings (SSSR count). The number of aliphatic hydroxyl groups is 4. The quantitative estimate of drug-likeness (QED) is 0.0771. The number of nitrogens with zero attached hydrogens (tertiary/aromatic N) is 6. The first-order valence-corrected chi connectivity index (χ1v) is 16.9. The molecule has 0 bridgehead atoms. The third-order valence-electron chi connectivity index (χ3n) is 9.15. The van der Waals surface area contributed by atoms with Gasteiger partial charge in [-0.2, -0.15) is 0 Å². The van der Waals surface area contributed by atoms with Gasteiger partial charge in [-0.15, -0.1) is 10.2 Å². The lowest BCUT2D eigenvalue weighted by atomic mass is 9.85. The van der Waals surface area contributed by atoms with Crippen molar-refractivity contribution in [2.24, 2.45) is 22.9 Å². The van der Waals surface area contributed by atoms with Gasteiger partial charge in [-0.3, -0.25) is 9.36 Å². The van der Waals surface area contributed by atoms with Crippen LogP contribution in [0.25, 0.3) is 0 Å². The van der Waals surface area contributed by atoms with Crippen molar-refractivity contribution in [1.82, 2.24) is 30.0 Å². The molecule has 2 aliphatic carbocycles. The second-order valence-corrected chi connectivity index (χ2v) is 13.0. The van der Waals surface area contributed by atoms with E-state index in [1.54, 1.807) is 0 Å². The molecule has 262 valence electrons. The number of unbranched alkanes of at least 4 members (excludes halogenated alkanes) is 5. The molecule has 0 amide bonds. The summed E-state index contributed by atoms with van der Waals surface area (Å²) < 4.78 is 15.3. The molecule has 0 saturated heterocycles. The Bertz CT molecular complexity index is 1050. The minimum absolute atomic E-state index is 0.389. The molecule has 2 aliphatic rings. The molecule has 2 saturated carbocycles. The summed E-state index contributed by atoms with van der Waals surface area (Å²) in [7, 11) is 0. The van der Waals surface area contributed by atoms with E-state index in [9.17, 15) is 20.4 Å². The van der Waals surface area contributed by atoms with Gasteiger partial charge in [0.25, 0.3) is 0 Å². The van der Waals surface area contributed by atoms with E-state index in [0.29, 0.717) is 26.1 Å². The molecule has 2 aromatic heterocycles. The fraction of sp³-hybridized carbons (Fsp3) is 0.867. The van der Waals surface area contributed by atoms with Gasteiger partial charge in [0.1, 0.15) is 24.4 Å². The summed E-state index contributed by atoms with van der Waals surface area (Å²) >= 11 is 0. The van der Waals surface area contributed by atoms with Crippen LogP contribution >= 0.6 is 0 Å². The molecular formula is C30H56N10O6. The highest BCUT2D eigenvalue weighted by molar-refractivity contribution is 4.99. The Kier molecular flexibility index (Phi) is 14.7. The smallest absolute Gasteiger partial charge is 0.109 e. The van der Waals surface area contributed by atoms with Crippen LogP contribution in [0.3, 0.4) is 0 Å². The summed E-state index contributed by atoms with van der Waals surface area (Å²) in [5.74, 6) is 0. The molecule has 0 radical (unpaired) electrons. The maximum Gasteiger partial charge on any atom is 0.109 e. The van der Waals surface area contributed by atoms with E-state index in [1.165, 1.54) is 0 Å². The molecule has 0 aliphatic heterocycles. The molecule has 2 aromatic rings. The van der Waals surface area contributed by atoms with Crippen LogP contribution in [0.2, 0.25) is 0 Å². The summed E-state index contributed by atoms with van der Waals surface area (Å²) in [6.07, 6.45) is 8.61. The van der Waals surface area contributed by atoms with Crippen LogP contribution in [-0.4, -0.2) is 124 Å². The van der Waals surface area contributed by atoms with Crippen LogP contribution < -0.4 is 22.9 Å². The Morgan fingerprint density at radius 3 is 1.39 bits per heavy atom. The maximum atomic E-state index is 10.2. The highest BCUT2D eigenvalue weighted by Crippen LogP contribution is 2.22. The van der Waals surface area contributed by atoms with Crippen LogP contribution in [0.4, 0.5) is 0 Å². The summed E-state index contributed by atoms with van der Waals surface area (Å²) in [5.41, 5.74) is 25.6. The lowest BCUT2D eigenvalue weighted by Gasteiger charge is -2.39. The van der Waals surface area contributed by atoms with E-state index in [1.807, 2.05) is 21.8 Å². The fourth-order valence-corrected chi connectivity index (χ4v) is 6.30. The number of rotatable bonds is 19. The molecular weight excluding hydrogens is 596 g/mol. The minimum atomic E-state index is -1.06. The van der Waals surface area contributed by atoms with E-state index >= 15 is 0 Å². The van der Waals surface area contributed by atoms with Gasteiger partial charge < -0.3 is 52.8 Å². The van der Waals surface area contributed by atoms with Crippen molar-refractivity contribution in [1.29, 1.82) is 0 Å². The highest BCUT2D eigenvalue weighted by Gasteiger charge is 2.42. The molecule has 0 spiro atoms. The Morgan fingerprint density at radius 1 is 0.565 bits per heavy atom. The van der Waals surface area contributed by atoms with Gasteiger partial charge in [-0.05, 0) is 64.2 Å². The zero-order chi connectivity index (χ0) is 33.1. The third-order valence-corrected chi connectivity index (χ3v) is 9.15. The molecule has 16 nitrogen and oxygen atoms in total. The van der Waals surface area contributed by atoms with E-state index in [2.05, 4.69) is 20.6 Å². The van der Waals surface area contributed by atoms with Crippen molar-refractivity contribution in [3.8, 4) is 0 Å². The lowest BCUT2D eigenvalue weighted by molar-refractivity contribution is -0.127. The predicted molar refractivity (Wildman–Crippen MR) is 169 cm³/mol. The topological polar surface area (TPSA) is 265 Å². The summed E-state index contributed by atoms with van der Waals surface area (Å²) in [6.45, 7) is 2.55. The number of ether oxygens (including phenoxy) is 2. The highest BCUT2D eigenvalue weighted by atomic mass is 16.5. The SMILES string of the molecule is N[C@@H]1C[C@H](N)[C@@H](OCCCCc2cn(CCCCCCn3cc(CCCCO[C@H]4[C@H](O)[C@@H](O)[C@H](N)C[C@@H]4N)nn3)nn2)[C@H](O)[C@H]1O. The van der Waals surface area contributed by atoms with Gasteiger partial charge in [0, 0.05) is 62.9 Å². The van der Waals surface area contributed by atoms with Gasteiger partial charge in [0.2, 0.25) is 0 Å². The van der Waals surface area contributed by atoms with Crippen LogP contribution in [0.1, 0.15) is 75.6 Å². The standard InChI is InChI=1S/C30H56N10O6/c31-21-15-23(33)29(27(43)25(21)41)45-13-7-3-9-19-17-39(37-35-19)11-5-1-2-6-12-40-18-20(36-38-40)10-4-8-14-46-30-24(34)16-22(32)26(42)28(30)44/h17-18,21-30,41-44H,1-16,31-34H2/t21-,22-,23+,24+,25+,26+,27-,28-,29-,30-/m1/s1. The average Bonchev–Trinajstić information content (AvgIpc) is 3.68. The van der Waals surface area contributed by atoms with Crippen molar-refractivity contribution >= 4 is 0 Å². The van der Waals surface area contributed by atoms with Crippen LogP contribution in [0.5, 0.6) is 0 Å². The predicted octanol–water partition coefficient (Wildman–Crippen LogP) is -1.89. The van der Waals surface area contributed by atoms with Crippen molar-refractivity contribution in [3.05, 3.63) is 23.8 Å². The molecule has 10 atom stereocenters. The first-order valence-electron chi connectivity index (χ1n) is 16.9. The largest absolute Gasteiger partial charge is 0.389 e. The third kappa shape index (κ3) is 10.7. The number of hydrogen-bond acceptors (Lipinski definition) is 14. The van der Waals surface area contributed by atoms with Crippen LogP contribution in [0.15, 0.2) is 12.4 Å². The first-order chi connectivity index (χ1) is 22.1. The monoisotopic (exact) mass is 652 g/mol.